The number of alkyl halides is 2. The Labute approximate surface area is 184 Å². The first-order valence-electron chi connectivity index (χ1n) is 11.2. The zero-order chi connectivity index (χ0) is 22.5. The molecule has 2 aliphatic heterocycles. The zero-order valence-electron chi connectivity index (χ0n) is 19.1. The van der Waals surface area contributed by atoms with Crippen molar-refractivity contribution >= 4 is 0 Å². The Morgan fingerprint density at radius 3 is 2.45 bits per heavy atom. The van der Waals surface area contributed by atoms with Crippen LogP contribution in [0.4, 0.5) is 8.78 Å². The molecule has 2 saturated heterocycles. The minimum Gasteiger partial charge on any atom is -0.493 e. The second-order valence-electron chi connectivity index (χ2n) is 9.31. The number of hydrogen-bond donors (Lipinski definition) is 1. The van der Waals surface area contributed by atoms with E-state index in [4.69, 9.17) is 9.47 Å². The van der Waals surface area contributed by atoms with Gasteiger partial charge in [0.05, 0.1) is 19.3 Å². The molecule has 0 aliphatic carbocycles. The average molecular weight is 442 g/mol. The molecule has 0 radical (unpaired) electrons. The molecule has 0 spiro atoms. The fourth-order valence-corrected chi connectivity index (χ4v) is 4.41. The minimum absolute atomic E-state index is 0.115. The van der Waals surface area contributed by atoms with Gasteiger partial charge in [0.25, 0.3) is 5.92 Å². The van der Waals surface area contributed by atoms with Crippen molar-refractivity contribution in [1.29, 1.82) is 0 Å². The highest BCUT2D eigenvalue weighted by molar-refractivity contribution is 5.43. The number of rotatable bonds is 10. The van der Waals surface area contributed by atoms with Crippen molar-refractivity contribution in [3.63, 3.8) is 0 Å². The Balaban J connectivity index is 1.49. The third-order valence-electron chi connectivity index (χ3n) is 6.16. The number of nitrogens with zero attached hydrogens (tertiary/aromatic N) is 3. The summed E-state index contributed by atoms with van der Waals surface area (Å²) in [5.41, 5.74) is 0.256. The first kappa shape index (κ1) is 24.2. The van der Waals surface area contributed by atoms with Gasteiger partial charge >= 0.3 is 0 Å². The molecule has 0 bridgehead atoms. The molecule has 2 fully saturated rings. The van der Waals surface area contributed by atoms with E-state index in [0.717, 1.165) is 30.8 Å². The van der Waals surface area contributed by atoms with E-state index < -0.39 is 11.5 Å². The molecular weight excluding hydrogens is 404 g/mol. The number of methoxy groups -OCH3 is 1. The summed E-state index contributed by atoms with van der Waals surface area (Å²) in [5, 5.41) is 11.0. The molecule has 0 unspecified atom stereocenters. The summed E-state index contributed by atoms with van der Waals surface area (Å²) in [6.45, 7) is 4.80. The lowest BCUT2D eigenvalue weighted by atomic mass is 10.00. The van der Waals surface area contributed by atoms with Gasteiger partial charge in [0.15, 0.2) is 11.5 Å². The lowest BCUT2D eigenvalue weighted by molar-refractivity contribution is -0.0724. The van der Waals surface area contributed by atoms with Gasteiger partial charge in [-0.05, 0) is 44.6 Å². The molecule has 1 N–H and O–H groups in total. The number of likely N-dealkylation sites (tertiary alicyclic amines) is 2. The summed E-state index contributed by atoms with van der Waals surface area (Å²) >= 11 is 0. The Morgan fingerprint density at radius 1 is 1.06 bits per heavy atom. The van der Waals surface area contributed by atoms with E-state index in [1.165, 1.54) is 0 Å². The number of benzene rings is 1. The van der Waals surface area contributed by atoms with Crippen molar-refractivity contribution in [3.05, 3.63) is 23.8 Å². The van der Waals surface area contributed by atoms with Crippen LogP contribution in [0, 0.1) is 0 Å². The van der Waals surface area contributed by atoms with Crippen molar-refractivity contribution in [2.45, 2.75) is 43.8 Å². The molecule has 1 atom stereocenters. The standard InChI is InChI=1S/C23H37F2N3O3/c1-26(2)10-4-14-31-20-6-5-19(15-21(20)30-3)16-28-11-7-22(29,18-28)17-27-12-8-23(24,25)9-13-27/h5-6,15,29H,4,7-14,16-18H2,1-3H3/t22-/m0/s1. The van der Waals surface area contributed by atoms with Gasteiger partial charge < -0.3 is 19.5 Å². The average Bonchev–Trinajstić information content (AvgIpc) is 3.07. The van der Waals surface area contributed by atoms with Crippen molar-refractivity contribution in [3.8, 4) is 11.5 Å². The Hall–Kier alpha value is -1.48. The SMILES string of the molecule is COc1cc(CN2CC[C@](O)(CN3CCC(F)(F)CC3)C2)ccc1OCCCN(C)C. The van der Waals surface area contributed by atoms with E-state index in [1.807, 2.05) is 37.2 Å². The van der Waals surface area contributed by atoms with Crippen LogP contribution in [-0.4, -0.2) is 98.4 Å². The van der Waals surface area contributed by atoms with Crippen molar-refractivity contribution in [2.24, 2.45) is 0 Å². The predicted molar refractivity (Wildman–Crippen MR) is 117 cm³/mol. The van der Waals surface area contributed by atoms with Crippen LogP contribution in [-0.2, 0) is 6.54 Å². The summed E-state index contributed by atoms with van der Waals surface area (Å²) in [5.74, 6) is -1.10. The predicted octanol–water partition coefficient (Wildman–Crippen LogP) is 2.69. The second-order valence-corrected chi connectivity index (χ2v) is 9.31. The molecular formula is C23H37F2N3O3. The quantitative estimate of drug-likeness (QED) is 0.564. The fraction of sp³-hybridized carbons (Fsp3) is 0.739. The third-order valence-corrected chi connectivity index (χ3v) is 6.16. The van der Waals surface area contributed by atoms with Crippen LogP contribution in [0.5, 0.6) is 11.5 Å². The number of β-amino-alcohol motifs (C(OH)–C–C–N with tert-alkyl or cyclic N) is 1. The largest absolute Gasteiger partial charge is 0.493 e. The second kappa shape index (κ2) is 10.4. The molecule has 3 rings (SSSR count). The highest BCUT2D eigenvalue weighted by Gasteiger charge is 2.40. The van der Waals surface area contributed by atoms with E-state index in [1.54, 1.807) is 7.11 Å². The number of aliphatic hydroxyl groups is 1. The van der Waals surface area contributed by atoms with E-state index in [0.29, 0.717) is 51.5 Å². The molecule has 31 heavy (non-hydrogen) atoms. The van der Waals surface area contributed by atoms with Crippen LogP contribution in [0.1, 0.15) is 31.2 Å². The number of piperidine rings is 1. The first-order chi connectivity index (χ1) is 14.7. The molecule has 8 heteroatoms. The summed E-state index contributed by atoms with van der Waals surface area (Å²) in [6, 6.07) is 5.97. The van der Waals surface area contributed by atoms with Gasteiger partial charge in [-0.3, -0.25) is 9.80 Å². The fourth-order valence-electron chi connectivity index (χ4n) is 4.41. The van der Waals surface area contributed by atoms with Crippen LogP contribution in [0.25, 0.3) is 0 Å². The van der Waals surface area contributed by atoms with Gasteiger partial charge in [0.1, 0.15) is 0 Å². The van der Waals surface area contributed by atoms with Crippen molar-refractivity contribution in [1.82, 2.24) is 14.7 Å². The number of hydrogen-bond acceptors (Lipinski definition) is 6. The maximum absolute atomic E-state index is 13.4. The van der Waals surface area contributed by atoms with Gasteiger partial charge in [-0.25, -0.2) is 8.78 Å². The maximum atomic E-state index is 13.4. The van der Waals surface area contributed by atoms with Gasteiger partial charge in [-0.1, -0.05) is 6.07 Å². The molecule has 176 valence electrons. The van der Waals surface area contributed by atoms with E-state index in [-0.39, 0.29) is 12.8 Å². The number of halogens is 2. The molecule has 1 aromatic rings. The lowest BCUT2D eigenvalue weighted by Crippen LogP contribution is -2.49. The Kier molecular flexibility index (Phi) is 8.13. The molecule has 2 aliphatic rings. The topological polar surface area (TPSA) is 48.4 Å². The summed E-state index contributed by atoms with van der Waals surface area (Å²) < 4.78 is 38.2. The number of ether oxygens (including phenoxy) is 2. The van der Waals surface area contributed by atoms with E-state index in [2.05, 4.69) is 9.80 Å². The smallest absolute Gasteiger partial charge is 0.250 e. The van der Waals surface area contributed by atoms with Crippen LogP contribution in [0.15, 0.2) is 18.2 Å². The van der Waals surface area contributed by atoms with Crippen molar-refractivity contribution in [2.75, 3.05) is 67.1 Å². The van der Waals surface area contributed by atoms with Gasteiger partial charge in [-0.15, -0.1) is 0 Å². The van der Waals surface area contributed by atoms with Gasteiger partial charge in [0, 0.05) is 58.7 Å². The van der Waals surface area contributed by atoms with E-state index >= 15 is 0 Å². The summed E-state index contributed by atoms with van der Waals surface area (Å²) in [6.07, 6.45) is 1.37. The normalized spacial score (nSPS) is 24.6. The molecule has 0 saturated carbocycles. The zero-order valence-corrected chi connectivity index (χ0v) is 19.1. The highest BCUT2D eigenvalue weighted by Crippen LogP contribution is 2.32. The van der Waals surface area contributed by atoms with Gasteiger partial charge in [-0.2, -0.15) is 0 Å². The molecule has 1 aromatic carbocycles. The summed E-state index contributed by atoms with van der Waals surface area (Å²) in [7, 11) is 5.72. The highest BCUT2D eigenvalue weighted by atomic mass is 19.3. The van der Waals surface area contributed by atoms with Crippen LogP contribution < -0.4 is 9.47 Å². The molecule has 2 heterocycles. The lowest BCUT2D eigenvalue weighted by Gasteiger charge is -2.36. The maximum Gasteiger partial charge on any atom is 0.250 e. The minimum atomic E-state index is -2.55. The monoisotopic (exact) mass is 441 g/mol. The van der Waals surface area contributed by atoms with Gasteiger partial charge in [0.2, 0.25) is 0 Å². The van der Waals surface area contributed by atoms with Crippen LogP contribution >= 0.6 is 0 Å². The molecule has 0 amide bonds. The summed E-state index contributed by atoms with van der Waals surface area (Å²) in [4.78, 5) is 6.32. The first-order valence-corrected chi connectivity index (χ1v) is 11.2. The molecule has 0 aromatic heterocycles. The Morgan fingerprint density at radius 2 is 1.77 bits per heavy atom. The van der Waals surface area contributed by atoms with E-state index in [9.17, 15) is 13.9 Å². The van der Waals surface area contributed by atoms with Crippen molar-refractivity contribution < 1.29 is 23.4 Å². The van der Waals surface area contributed by atoms with Crippen LogP contribution in [0.3, 0.4) is 0 Å². The third kappa shape index (κ3) is 7.27. The van der Waals surface area contributed by atoms with Crippen LogP contribution in [0.2, 0.25) is 0 Å². The Bertz CT molecular complexity index is 709. The molecule has 6 nitrogen and oxygen atoms in total.